The van der Waals surface area contributed by atoms with Gasteiger partial charge in [0.1, 0.15) is 0 Å². The molecular weight excluding hydrogens is 272 g/mol. The van der Waals surface area contributed by atoms with Gasteiger partial charge < -0.3 is 5.32 Å². The first kappa shape index (κ1) is 12.8. The Morgan fingerprint density at radius 2 is 1.82 bits per heavy atom. The minimum absolute atomic E-state index is 0.738. The second-order valence-electron chi connectivity index (χ2n) is 5.29. The van der Waals surface area contributed by atoms with E-state index in [0.717, 1.165) is 24.6 Å². The topological polar surface area (TPSA) is 48.8 Å². The van der Waals surface area contributed by atoms with E-state index in [1.807, 2.05) is 6.21 Å². The quantitative estimate of drug-likeness (QED) is 0.433. The van der Waals surface area contributed by atoms with Crippen molar-refractivity contribution in [1.29, 1.82) is 0 Å². The predicted octanol–water partition coefficient (Wildman–Crippen LogP) is 2.88. The summed E-state index contributed by atoms with van der Waals surface area (Å²) in [6.07, 6.45) is 1.85. The summed E-state index contributed by atoms with van der Waals surface area (Å²) < 4.78 is 0. The molecule has 0 spiro atoms. The van der Waals surface area contributed by atoms with Gasteiger partial charge in [-0.1, -0.05) is 42.5 Å². The maximum absolute atomic E-state index is 4.29. The van der Waals surface area contributed by atoms with Crippen molar-refractivity contribution < 1.29 is 0 Å². The molecule has 0 bridgehead atoms. The lowest BCUT2D eigenvalue weighted by molar-refractivity contribution is 0.920. The van der Waals surface area contributed by atoms with Crippen LogP contribution in [0.1, 0.15) is 5.56 Å². The number of fused-ring (bicyclic) bond motifs is 2. The molecular formula is C18H16N4. The minimum Gasteiger partial charge on any atom is -0.353 e. The summed E-state index contributed by atoms with van der Waals surface area (Å²) in [5, 5.41) is 12.3. The lowest BCUT2D eigenvalue weighted by atomic mass is 10.0. The number of hydrogen-bond donors (Lipinski definition) is 2. The van der Waals surface area contributed by atoms with Crippen LogP contribution in [-0.4, -0.2) is 25.3 Å². The van der Waals surface area contributed by atoms with E-state index in [1.165, 1.54) is 21.5 Å². The van der Waals surface area contributed by atoms with Gasteiger partial charge in [-0.2, -0.15) is 5.10 Å². The van der Waals surface area contributed by atoms with E-state index in [4.69, 9.17) is 0 Å². The number of hydrogen-bond acceptors (Lipinski definition) is 4. The Kier molecular flexibility index (Phi) is 3.20. The number of benzene rings is 3. The summed E-state index contributed by atoms with van der Waals surface area (Å²) in [5.41, 5.74) is 4.03. The van der Waals surface area contributed by atoms with Crippen LogP contribution in [0.2, 0.25) is 0 Å². The van der Waals surface area contributed by atoms with Crippen molar-refractivity contribution in [2.45, 2.75) is 0 Å². The highest BCUT2D eigenvalue weighted by molar-refractivity contribution is 6.06. The van der Waals surface area contributed by atoms with E-state index in [2.05, 4.69) is 75.4 Å². The summed E-state index contributed by atoms with van der Waals surface area (Å²) >= 11 is 0. The van der Waals surface area contributed by atoms with Gasteiger partial charge in [0.15, 0.2) is 0 Å². The normalized spacial score (nSPS) is 14.5. The largest absolute Gasteiger partial charge is 0.353 e. The first-order valence-corrected chi connectivity index (χ1v) is 7.39. The average molecular weight is 288 g/mol. The van der Waals surface area contributed by atoms with Crippen LogP contribution in [0.3, 0.4) is 0 Å². The number of aliphatic imine (C=N–C) groups is 1. The molecule has 4 nitrogen and oxygen atoms in total. The Hall–Kier alpha value is -2.88. The molecule has 4 rings (SSSR count). The summed E-state index contributed by atoms with van der Waals surface area (Å²) in [6, 6.07) is 19.1. The van der Waals surface area contributed by atoms with Crippen molar-refractivity contribution in [2.75, 3.05) is 13.1 Å². The number of rotatable bonds is 2. The maximum atomic E-state index is 4.29. The van der Waals surface area contributed by atoms with Crippen LogP contribution in [0.5, 0.6) is 0 Å². The van der Waals surface area contributed by atoms with E-state index in [0.29, 0.717) is 0 Å². The Bertz CT molecular complexity index is 896. The fourth-order valence-corrected chi connectivity index (χ4v) is 2.74. The van der Waals surface area contributed by atoms with Gasteiger partial charge in [-0.05, 0) is 33.7 Å². The second-order valence-corrected chi connectivity index (χ2v) is 5.29. The van der Waals surface area contributed by atoms with E-state index in [9.17, 15) is 0 Å². The number of hydrazone groups is 1. The molecule has 3 aromatic rings. The summed E-state index contributed by atoms with van der Waals surface area (Å²) in [6.45, 7) is 1.68. The van der Waals surface area contributed by atoms with E-state index < -0.39 is 0 Å². The molecule has 1 heterocycles. The van der Waals surface area contributed by atoms with Crippen molar-refractivity contribution in [3.05, 3.63) is 60.2 Å². The van der Waals surface area contributed by atoms with E-state index in [1.54, 1.807) is 0 Å². The molecule has 1 aliphatic rings. The summed E-state index contributed by atoms with van der Waals surface area (Å²) in [4.78, 5) is 4.25. The third-order valence-electron chi connectivity index (χ3n) is 3.83. The maximum Gasteiger partial charge on any atom is 0.212 e. The monoisotopic (exact) mass is 288 g/mol. The van der Waals surface area contributed by atoms with Gasteiger partial charge in [-0.25, -0.2) is 10.4 Å². The van der Waals surface area contributed by atoms with Gasteiger partial charge in [0.2, 0.25) is 5.96 Å². The third-order valence-corrected chi connectivity index (χ3v) is 3.83. The first-order chi connectivity index (χ1) is 10.9. The van der Waals surface area contributed by atoms with Gasteiger partial charge in [-0.3, -0.25) is 0 Å². The Morgan fingerprint density at radius 1 is 1.00 bits per heavy atom. The molecule has 22 heavy (non-hydrogen) atoms. The van der Waals surface area contributed by atoms with Crippen LogP contribution in [0, 0.1) is 0 Å². The molecule has 0 aromatic heterocycles. The molecule has 0 unspecified atom stereocenters. The first-order valence-electron chi connectivity index (χ1n) is 7.39. The number of guanidine groups is 1. The molecule has 0 atom stereocenters. The van der Waals surface area contributed by atoms with Crippen molar-refractivity contribution in [3.63, 3.8) is 0 Å². The Morgan fingerprint density at radius 3 is 2.64 bits per heavy atom. The van der Waals surface area contributed by atoms with Crippen molar-refractivity contribution in [1.82, 2.24) is 10.7 Å². The van der Waals surface area contributed by atoms with Crippen molar-refractivity contribution in [3.8, 4) is 0 Å². The zero-order valence-corrected chi connectivity index (χ0v) is 12.1. The standard InChI is InChI=1S/C18H16N4/c1-2-5-14-11-17-15(10-13(14)4-1)6-3-7-16(17)12-21-22-18-19-8-9-20-18/h1-7,10-12H,8-9H2,(H2,19,20,22)/b21-12+. The van der Waals surface area contributed by atoms with Crippen LogP contribution in [-0.2, 0) is 0 Å². The minimum atomic E-state index is 0.738. The average Bonchev–Trinajstić information content (AvgIpc) is 3.07. The van der Waals surface area contributed by atoms with Crippen molar-refractivity contribution >= 4 is 33.7 Å². The Labute approximate surface area is 128 Å². The SMILES string of the molecule is C(=N\NC1=NCCN1)/c1cccc2cc3ccccc3cc12. The molecule has 0 amide bonds. The molecule has 0 radical (unpaired) electrons. The molecule has 0 fully saturated rings. The van der Waals surface area contributed by atoms with Gasteiger partial charge in [0.25, 0.3) is 0 Å². The Balaban J connectivity index is 1.73. The van der Waals surface area contributed by atoms with Gasteiger partial charge in [-0.15, -0.1) is 0 Å². The molecule has 108 valence electrons. The number of nitrogens with one attached hydrogen (secondary N) is 2. The lowest BCUT2D eigenvalue weighted by Gasteiger charge is -2.05. The zero-order chi connectivity index (χ0) is 14.8. The molecule has 4 heteroatoms. The molecule has 0 saturated heterocycles. The van der Waals surface area contributed by atoms with Crippen LogP contribution >= 0.6 is 0 Å². The summed E-state index contributed by atoms with van der Waals surface area (Å²) in [5.74, 6) is 0.738. The van der Waals surface area contributed by atoms with Crippen LogP contribution < -0.4 is 10.7 Å². The molecule has 3 aromatic carbocycles. The van der Waals surface area contributed by atoms with Crippen LogP contribution in [0.15, 0.2) is 64.7 Å². The number of nitrogens with zero attached hydrogens (tertiary/aromatic N) is 2. The van der Waals surface area contributed by atoms with Gasteiger partial charge in [0.05, 0.1) is 12.8 Å². The molecule has 1 aliphatic heterocycles. The van der Waals surface area contributed by atoms with E-state index >= 15 is 0 Å². The smallest absolute Gasteiger partial charge is 0.212 e. The highest BCUT2D eigenvalue weighted by Gasteiger charge is 2.03. The van der Waals surface area contributed by atoms with Crippen molar-refractivity contribution in [2.24, 2.45) is 10.1 Å². The third kappa shape index (κ3) is 2.39. The predicted molar refractivity (Wildman–Crippen MR) is 92.5 cm³/mol. The molecule has 2 N–H and O–H groups in total. The highest BCUT2D eigenvalue weighted by Crippen LogP contribution is 2.24. The fourth-order valence-electron chi connectivity index (χ4n) is 2.74. The van der Waals surface area contributed by atoms with E-state index in [-0.39, 0.29) is 0 Å². The van der Waals surface area contributed by atoms with Crippen LogP contribution in [0.4, 0.5) is 0 Å². The summed E-state index contributed by atoms with van der Waals surface area (Å²) in [7, 11) is 0. The second kappa shape index (κ2) is 5.48. The fraction of sp³-hybridized carbons (Fsp3) is 0.111. The van der Waals surface area contributed by atoms with Crippen LogP contribution in [0.25, 0.3) is 21.5 Å². The van der Waals surface area contributed by atoms with Gasteiger partial charge >= 0.3 is 0 Å². The lowest BCUT2D eigenvalue weighted by Crippen LogP contribution is -2.30. The molecule has 0 saturated carbocycles. The zero-order valence-electron chi connectivity index (χ0n) is 12.1. The molecule has 0 aliphatic carbocycles. The highest BCUT2D eigenvalue weighted by atomic mass is 15.4. The van der Waals surface area contributed by atoms with Gasteiger partial charge in [0, 0.05) is 12.1 Å².